The van der Waals surface area contributed by atoms with Crippen LogP contribution in [-0.2, 0) is 10.9 Å². The summed E-state index contributed by atoms with van der Waals surface area (Å²) in [6.45, 7) is 0.982. The van der Waals surface area contributed by atoms with Crippen molar-refractivity contribution >= 4 is 0 Å². The van der Waals surface area contributed by atoms with Gasteiger partial charge in [0.25, 0.3) is 0 Å². The Hall–Kier alpha value is -1.67. The largest absolute Gasteiger partial charge is 0.474 e. The molecule has 0 N–H and O–H groups in total. The van der Waals surface area contributed by atoms with E-state index in [1.807, 2.05) is 0 Å². The Morgan fingerprint density at radius 1 is 1.16 bits per heavy atom. The van der Waals surface area contributed by atoms with Gasteiger partial charge in [0.05, 0.1) is 18.8 Å². The van der Waals surface area contributed by atoms with E-state index in [2.05, 4.69) is 5.92 Å². The van der Waals surface area contributed by atoms with Gasteiger partial charge in [-0.3, -0.25) is 0 Å². The zero-order valence-corrected chi connectivity index (χ0v) is 10.2. The van der Waals surface area contributed by atoms with Crippen LogP contribution in [0.5, 0.6) is 5.75 Å². The smallest absolute Gasteiger partial charge is 0.416 e. The second kappa shape index (κ2) is 5.14. The van der Waals surface area contributed by atoms with Gasteiger partial charge in [0, 0.05) is 12.8 Å². The monoisotopic (exact) mass is 270 g/mol. The number of benzene rings is 1. The molecule has 0 amide bonds. The number of alkyl halides is 3. The molecule has 0 aromatic heterocycles. The highest BCUT2D eigenvalue weighted by Crippen LogP contribution is 2.32. The molecular formula is C14H13F3O2. The van der Waals surface area contributed by atoms with Crippen LogP contribution in [0.4, 0.5) is 13.2 Å². The molecule has 1 aliphatic heterocycles. The molecule has 0 bridgehead atoms. The first kappa shape index (κ1) is 13.8. The molecule has 1 aromatic rings. The summed E-state index contributed by atoms with van der Waals surface area (Å²) in [5.74, 6) is 2.93. The molecule has 0 radical (unpaired) electrons. The van der Waals surface area contributed by atoms with Crippen molar-refractivity contribution in [1.82, 2.24) is 0 Å². The molecular weight excluding hydrogens is 257 g/mol. The summed E-state index contributed by atoms with van der Waals surface area (Å²) < 4.78 is 48.2. The average Bonchev–Trinajstić information content (AvgIpc) is 2.39. The van der Waals surface area contributed by atoms with E-state index in [1.165, 1.54) is 12.1 Å². The number of ether oxygens (including phenoxy) is 2. The third-order valence-corrected chi connectivity index (χ3v) is 3.06. The van der Waals surface area contributed by atoms with Gasteiger partial charge in [-0.1, -0.05) is 5.92 Å². The predicted molar refractivity (Wildman–Crippen MR) is 63.7 cm³/mol. The van der Waals surface area contributed by atoms with Crippen LogP contribution < -0.4 is 4.74 Å². The Morgan fingerprint density at radius 3 is 2.21 bits per heavy atom. The summed E-state index contributed by atoms with van der Waals surface area (Å²) in [4.78, 5) is 0. The maximum Gasteiger partial charge on any atom is 0.416 e. The maximum atomic E-state index is 12.4. The first-order valence-electron chi connectivity index (χ1n) is 5.87. The lowest BCUT2D eigenvalue weighted by Crippen LogP contribution is -2.40. The lowest BCUT2D eigenvalue weighted by atomic mass is 9.95. The molecule has 1 aromatic carbocycles. The summed E-state index contributed by atoms with van der Waals surface area (Å²) in [6.07, 6.45) is 2.19. The standard InChI is InChI=1S/C14H13F3O2/c1-2-13(7-9-18-10-8-13)19-12-5-3-11(4-6-12)14(15,16)17/h1,3-6H,7-10H2. The fourth-order valence-electron chi connectivity index (χ4n) is 1.91. The zero-order chi connectivity index (χ0) is 13.9. The van der Waals surface area contributed by atoms with Crippen LogP contribution in [0, 0.1) is 12.3 Å². The van der Waals surface area contributed by atoms with Gasteiger partial charge in [-0.15, -0.1) is 6.42 Å². The second-order valence-corrected chi connectivity index (χ2v) is 4.38. The number of rotatable bonds is 2. The van der Waals surface area contributed by atoms with Gasteiger partial charge in [0.1, 0.15) is 5.75 Å². The van der Waals surface area contributed by atoms with Crippen LogP contribution in [0.3, 0.4) is 0 Å². The van der Waals surface area contributed by atoms with Crippen molar-refractivity contribution in [2.45, 2.75) is 24.6 Å². The van der Waals surface area contributed by atoms with Crippen molar-refractivity contribution < 1.29 is 22.6 Å². The highest BCUT2D eigenvalue weighted by Gasteiger charge is 2.33. The Balaban J connectivity index is 2.13. The van der Waals surface area contributed by atoms with Gasteiger partial charge in [-0.25, -0.2) is 0 Å². The Bertz CT molecular complexity index is 465. The van der Waals surface area contributed by atoms with Crippen molar-refractivity contribution in [2.24, 2.45) is 0 Å². The molecule has 0 unspecified atom stereocenters. The normalized spacial score (nSPS) is 18.6. The quantitative estimate of drug-likeness (QED) is 0.768. The average molecular weight is 270 g/mol. The van der Waals surface area contributed by atoms with Crippen LogP contribution in [0.15, 0.2) is 24.3 Å². The number of halogens is 3. The lowest BCUT2D eigenvalue weighted by molar-refractivity contribution is -0.137. The molecule has 19 heavy (non-hydrogen) atoms. The van der Waals surface area contributed by atoms with Gasteiger partial charge < -0.3 is 9.47 Å². The minimum absolute atomic E-state index is 0.341. The molecule has 2 rings (SSSR count). The van der Waals surface area contributed by atoms with Crippen molar-refractivity contribution in [3.05, 3.63) is 29.8 Å². The SMILES string of the molecule is C#CC1(Oc2ccc(C(F)(F)F)cc2)CCOCC1. The van der Waals surface area contributed by atoms with E-state index in [0.29, 0.717) is 31.8 Å². The molecule has 1 heterocycles. The first-order chi connectivity index (χ1) is 8.95. The highest BCUT2D eigenvalue weighted by molar-refractivity contribution is 5.30. The Morgan fingerprint density at radius 2 is 1.74 bits per heavy atom. The van der Waals surface area contributed by atoms with Crippen molar-refractivity contribution in [1.29, 1.82) is 0 Å². The van der Waals surface area contributed by atoms with Crippen molar-refractivity contribution in [3.8, 4) is 18.1 Å². The van der Waals surface area contributed by atoms with E-state index in [1.54, 1.807) is 0 Å². The molecule has 0 saturated carbocycles. The van der Waals surface area contributed by atoms with E-state index in [9.17, 15) is 13.2 Å². The summed E-state index contributed by atoms with van der Waals surface area (Å²) in [5.41, 5.74) is -1.49. The predicted octanol–water partition coefficient (Wildman–Crippen LogP) is 3.27. The summed E-state index contributed by atoms with van der Waals surface area (Å²) in [7, 11) is 0. The van der Waals surface area contributed by atoms with Gasteiger partial charge in [-0.2, -0.15) is 13.2 Å². The Kier molecular flexibility index (Phi) is 3.72. The van der Waals surface area contributed by atoms with Crippen LogP contribution in [0.2, 0.25) is 0 Å². The molecule has 0 aliphatic carbocycles. The van der Waals surface area contributed by atoms with E-state index in [0.717, 1.165) is 12.1 Å². The van der Waals surface area contributed by atoms with Gasteiger partial charge in [-0.05, 0) is 24.3 Å². The lowest BCUT2D eigenvalue weighted by Gasteiger charge is -2.33. The van der Waals surface area contributed by atoms with Crippen molar-refractivity contribution in [3.63, 3.8) is 0 Å². The fourth-order valence-corrected chi connectivity index (χ4v) is 1.91. The fraction of sp³-hybridized carbons (Fsp3) is 0.429. The molecule has 1 aliphatic rings. The molecule has 1 saturated heterocycles. The summed E-state index contributed by atoms with van der Waals surface area (Å²) >= 11 is 0. The van der Waals surface area contributed by atoms with Crippen LogP contribution in [-0.4, -0.2) is 18.8 Å². The van der Waals surface area contributed by atoms with Crippen molar-refractivity contribution in [2.75, 3.05) is 13.2 Å². The number of hydrogen-bond donors (Lipinski definition) is 0. The topological polar surface area (TPSA) is 18.5 Å². The maximum absolute atomic E-state index is 12.4. The van der Waals surface area contributed by atoms with Crippen LogP contribution in [0.25, 0.3) is 0 Å². The van der Waals surface area contributed by atoms with Crippen LogP contribution >= 0.6 is 0 Å². The second-order valence-electron chi connectivity index (χ2n) is 4.38. The van der Waals surface area contributed by atoms with E-state index in [4.69, 9.17) is 15.9 Å². The van der Waals surface area contributed by atoms with E-state index < -0.39 is 17.3 Å². The molecule has 0 spiro atoms. The highest BCUT2D eigenvalue weighted by atomic mass is 19.4. The van der Waals surface area contributed by atoms with E-state index >= 15 is 0 Å². The molecule has 5 heteroatoms. The molecule has 2 nitrogen and oxygen atoms in total. The first-order valence-corrected chi connectivity index (χ1v) is 5.87. The molecule has 0 atom stereocenters. The minimum Gasteiger partial charge on any atom is -0.474 e. The van der Waals surface area contributed by atoms with E-state index in [-0.39, 0.29) is 0 Å². The third-order valence-electron chi connectivity index (χ3n) is 3.06. The summed E-state index contributed by atoms with van der Waals surface area (Å²) in [5, 5.41) is 0. The van der Waals surface area contributed by atoms with Gasteiger partial charge >= 0.3 is 6.18 Å². The number of hydrogen-bond acceptors (Lipinski definition) is 2. The molecule has 102 valence electrons. The minimum atomic E-state index is -4.35. The summed E-state index contributed by atoms with van der Waals surface area (Å²) in [6, 6.07) is 4.55. The number of terminal acetylenes is 1. The van der Waals surface area contributed by atoms with Gasteiger partial charge in [0.15, 0.2) is 5.60 Å². The molecule has 1 fully saturated rings. The Labute approximate surface area is 109 Å². The zero-order valence-electron chi connectivity index (χ0n) is 10.2. The van der Waals surface area contributed by atoms with Crippen LogP contribution in [0.1, 0.15) is 18.4 Å². The van der Waals surface area contributed by atoms with Gasteiger partial charge in [0.2, 0.25) is 0 Å². The third kappa shape index (κ3) is 3.21.